The number of carbonyl (C=O) groups excluding carboxylic acids is 1. The van der Waals surface area contributed by atoms with Gasteiger partial charge in [-0.15, -0.1) is 0 Å². The molecule has 1 N–H and O–H groups in total. The van der Waals surface area contributed by atoms with E-state index in [1.165, 1.54) is 5.56 Å². The van der Waals surface area contributed by atoms with Crippen LogP contribution in [0.15, 0.2) is 36.4 Å². The summed E-state index contributed by atoms with van der Waals surface area (Å²) in [7, 11) is 1.86. The average molecular weight is 350 g/mol. The van der Waals surface area contributed by atoms with Gasteiger partial charge < -0.3 is 10.2 Å². The molecule has 0 aliphatic heterocycles. The molecular weight excluding hydrogens is 332 g/mol. The molecule has 5 nitrogen and oxygen atoms in total. The van der Waals surface area contributed by atoms with Crippen molar-refractivity contribution in [3.63, 3.8) is 0 Å². The minimum atomic E-state index is -0.125. The molecule has 0 spiro atoms. The van der Waals surface area contributed by atoms with E-state index in [1.54, 1.807) is 35.6 Å². The van der Waals surface area contributed by atoms with Gasteiger partial charge in [-0.3, -0.25) is 4.79 Å². The molecule has 3 aromatic rings. The van der Waals surface area contributed by atoms with Crippen molar-refractivity contribution in [2.75, 3.05) is 23.8 Å². The Kier molecular flexibility index (Phi) is 4.68. The summed E-state index contributed by atoms with van der Waals surface area (Å²) in [6.45, 7) is 4.32. The Morgan fingerprint density at radius 3 is 2.52 bits per heavy atom. The standard InChI is InChI=1S/C19H18N4OS/c1-12-4-5-13(2)18-17(12)22-19(25-18)23(3)11-16(24)21-15-8-6-14(10-20)7-9-15/h4-9H,11H2,1-3H3,(H,21,24). The van der Waals surface area contributed by atoms with Gasteiger partial charge in [0.05, 0.1) is 28.4 Å². The Bertz CT molecular complexity index is 930. The number of aromatic nitrogens is 1. The second kappa shape index (κ2) is 6.91. The maximum atomic E-state index is 12.3. The van der Waals surface area contributed by atoms with Gasteiger partial charge in [0.2, 0.25) is 5.91 Å². The van der Waals surface area contributed by atoms with Gasteiger partial charge >= 0.3 is 0 Å². The predicted octanol–water partition coefficient (Wildman–Crippen LogP) is 3.86. The van der Waals surface area contributed by atoms with Crippen LogP contribution in [0.2, 0.25) is 0 Å². The number of thiazole rings is 1. The van der Waals surface area contributed by atoms with Crippen LogP contribution in [-0.2, 0) is 4.79 Å². The van der Waals surface area contributed by atoms with Crippen LogP contribution in [0.3, 0.4) is 0 Å². The van der Waals surface area contributed by atoms with Gasteiger partial charge in [-0.25, -0.2) is 4.98 Å². The molecule has 0 unspecified atom stereocenters. The van der Waals surface area contributed by atoms with Crippen molar-refractivity contribution in [1.82, 2.24) is 4.98 Å². The third-order valence-electron chi connectivity index (χ3n) is 3.94. The molecule has 0 fully saturated rings. The molecule has 0 aliphatic carbocycles. The van der Waals surface area contributed by atoms with Crippen LogP contribution in [0.25, 0.3) is 10.2 Å². The zero-order valence-electron chi connectivity index (χ0n) is 14.3. The third kappa shape index (κ3) is 3.62. The summed E-state index contributed by atoms with van der Waals surface area (Å²) in [5.41, 5.74) is 4.57. The SMILES string of the molecule is Cc1ccc(C)c2sc(N(C)CC(=O)Nc3ccc(C#N)cc3)nc12. The van der Waals surface area contributed by atoms with Gasteiger partial charge in [0, 0.05) is 12.7 Å². The number of benzene rings is 2. The van der Waals surface area contributed by atoms with Crippen molar-refractivity contribution in [3.8, 4) is 6.07 Å². The number of carbonyl (C=O) groups is 1. The van der Waals surface area contributed by atoms with Crippen LogP contribution in [0, 0.1) is 25.2 Å². The Morgan fingerprint density at radius 1 is 1.20 bits per heavy atom. The molecule has 3 rings (SSSR count). The predicted molar refractivity (Wildman–Crippen MR) is 102 cm³/mol. The largest absolute Gasteiger partial charge is 0.342 e. The minimum absolute atomic E-state index is 0.125. The first-order chi connectivity index (χ1) is 12.0. The Labute approximate surface area is 150 Å². The molecule has 0 aliphatic rings. The van der Waals surface area contributed by atoms with Crippen LogP contribution >= 0.6 is 11.3 Å². The topological polar surface area (TPSA) is 69.0 Å². The molecule has 25 heavy (non-hydrogen) atoms. The zero-order valence-corrected chi connectivity index (χ0v) is 15.1. The summed E-state index contributed by atoms with van der Waals surface area (Å²) in [6.07, 6.45) is 0. The molecular formula is C19H18N4OS. The Hall–Kier alpha value is -2.91. The van der Waals surface area contributed by atoms with Crippen molar-refractivity contribution in [1.29, 1.82) is 5.26 Å². The fourth-order valence-corrected chi connectivity index (χ4v) is 3.60. The average Bonchev–Trinajstić information content (AvgIpc) is 3.06. The molecule has 0 atom stereocenters. The van der Waals surface area contributed by atoms with Gasteiger partial charge in [0.1, 0.15) is 0 Å². The lowest BCUT2D eigenvalue weighted by atomic mass is 10.1. The minimum Gasteiger partial charge on any atom is -0.342 e. The summed E-state index contributed by atoms with van der Waals surface area (Å²) >= 11 is 1.60. The number of nitriles is 1. The summed E-state index contributed by atoms with van der Waals surface area (Å²) in [6, 6.07) is 13.0. The number of nitrogens with one attached hydrogen (secondary N) is 1. The molecule has 0 radical (unpaired) electrons. The van der Waals surface area contributed by atoms with Crippen molar-refractivity contribution < 1.29 is 4.79 Å². The fraction of sp³-hybridized carbons (Fsp3) is 0.211. The van der Waals surface area contributed by atoms with Crippen molar-refractivity contribution in [3.05, 3.63) is 53.1 Å². The van der Waals surface area contributed by atoms with E-state index in [0.717, 1.165) is 20.9 Å². The number of nitrogens with zero attached hydrogens (tertiary/aromatic N) is 3. The second-order valence-electron chi connectivity index (χ2n) is 5.97. The highest BCUT2D eigenvalue weighted by Gasteiger charge is 2.14. The van der Waals surface area contributed by atoms with E-state index in [0.29, 0.717) is 11.3 Å². The van der Waals surface area contributed by atoms with E-state index in [2.05, 4.69) is 35.4 Å². The molecule has 126 valence electrons. The maximum absolute atomic E-state index is 12.3. The number of aryl methyl sites for hydroxylation is 2. The third-order valence-corrected chi connectivity index (χ3v) is 5.24. The van der Waals surface area contributed by atoms with Gasteiger partial charge in [-0.05, 0) is 49.2 Å². The molecule has 0 saturated carbocycles. The van der Waals surface area contributed by atoms with E-state index in [9.17, 15) is 4.79 Å². The monoisotopic (exact) mass is 350 g/mol. The van der Waals surface area contributed by atoms with Crippen LogP contribution < -0.4 is 10.2 Å². The molecule has 0 saturated heterocycles. The van der Waals surface area contributed by atoms with Crippen LogP contribution in [0.1, 0.15) is 16.7 Å². The summed E-state index contributed by atoms with van der Waals surface area (Å²) in [5, 5.41) is 12.5. The Balaban J connectivity index is 1.72. The van der Waals surface area contributed by atoms with E-state index < -0.39 is 0 Å². The summed E-state index contributed by atoms with van der Waals surface area (Å²) < 4.78 is 1.16. The smallest absolute Gasteiger partial charge is 0.243 e. The normalized spacial score (nSPS) is 10.5. The highest BCUT2D eigenvalue weighted by atomic mass is 32.1. The number of amides is 1. The first kappa shape index (κ1) is 16.9. The fourth-order valence-electron chi connectivity index (χ4n) is 2.52. The van der Waals surface area contributed by atoms with E-state index in [1.807, 2.05) is 18.9 Å². The number of fused-ring (bicyclic) bond motifs is 1. The maximum Gasteiger partial charge on any atom is 0.243 e. The first-order valence-corrected chi connectivity index (χ1v) is 8.67. The van der Waals surface area contributed by atoms with Gasteiger partial charge in [0.15, 0.2) is 5.13 Å². The lowest BCUT2D eigenvalue weighted by molar-refractivity contribution is -0.114. The second-order valence-corrected chi connectivity index (χ2v) is 6.94. The number of rotatable bonds is 4. The Morgan fingerprint density at radius 2 is 1.88 bits per heavy atom. The van der Waals surface area contributed by atoms with Crippen LogP contribution in [-0.4, -0.2) is 24.5 Å². The number of hydrogen-bond donors (Lipinski definition) is 1. The highest BCUT2D eigenvalue weighted by molar-refractivity contribution is 7.22. The van der Waals surface area contributed by atoms with Crippen molar-refractivity contribution in [2.45, 2.75) is 13.8 Å². The first-order valence-electron chi connectivity index (χ1n) is 7.86. The molecule has 1 aromatic heterocycles. The van der Waals surface area contributed by atoms with Gasteiger partial charge in [0.25, 0.3) is 0 Å². The number of hydrogen-bond acceptors (Lipinski definition) is 5. The van der Waals surface area contributed by atoms with E-state index >= 15 is 0 Å². The van der Waals surface area contributed by atoms with Gasteiger partial charge in [-0.1, -0.05) is 23.5 Å². The zero-order chi connectivity index (χ0) is 18.0. The number of anilines is 2. The van der Waals surface area contributed by atoms with Crippen LogP contribution in [0.5, 0.6) is 0 Å². The van der Waals surface area contributed by atoms with E-state index in [4.69, 9.17) is 5.26 Å². The van der Waals surface area contributed by atoms with Crippen LogP contribution in [0.4, 0.5) is 10.8 Å². The van der Waals surface area contributed by atoms with Gasteiger partial charge in [-0.2, -0.15) is 5.26 Å². The molecule has 1 amide bonds. The molecule has 2 aromatic carbocycles. The highest BCUT2D eigenvalue weighted by Crippen LogP contribution is 2.32. The van der Waals surface area contributed by atoms with Crippen molar-refractivity contribution >= 4 is 38.3 Å². The summed E-state index contributed by atoms with van der Waals surface area (Å²) in [4.78, 5) is 18.8. The summed E-state index contributed by atoms with van der Waals surface area (Å²) in [5.74, 6) is -0.125. The molecule has 6 heteroatoms. The lowest BCUT2D eigenvalue weighted by Crippen LogP contribution is -2.29. The quantitative estimate of drug-likeness (QED) is 0.776. The number of likely N-dealkylation sites (N-methyl/N-ethyl adjacent to an activating group) is 1. The van der Waals surface area contributed by atoms with Crippen molar-refractivity contribution in [2.24, 2.45) is 0 Å². The molecule has 0 bridgehead atoms. The molecule has 1 heterocycles. The van der Waals surface area contributed by atoms with E-state index in [-0.39, 0.29) is 12.5 Å². The lowest BCUT2D eigenvalue weighted by Gasteiger charge is -2.15.